The molecule has 1 aromatic heterocycles. The second-order valence-electron chi connectivity index (χ2n) is 10.6. The van der Waals surface area contributed by atoms with Crippen molar-refractivity contribution in [2.75, 3.05) is 18.0 Å². The van der Waals surface area contributed by atoms with Gasteiger partial charge < -0.3 is 14.4 Å². The molecule has 0 aliphatic carbocycles. The summed E-state index contributed by atoms with van der Waals surface area (Å²) in [6, 6.07) is 31.9. The summed E-state index contributed by atoms with van der Waals surface area (Å²) < 4.78 is 55.7. The number of nitrogens with zero attached hydrogens (tertiary/aromatic N) is 2. The van der Waals surface area contributed by atoms with Crippen LogP contribution in [0, 0.1) is 17.5 Å². The molecule has 4 aromatic carbocycles. The molecule has 1 aliphatic heterocycles. The predicted octanol–water partition coefficient (Wildman–Crippen LogP) is 8.71. The molecular formula is C36H31F3N2O2. The Morgan fingerprint density at radius 1 is 0.674 bits per heavy atom. The Kier molecular flexibility index (Phi) is 8.59. The van der Waals surface area contributed by atoms with E-state index in [2.05, 4.69) is 4.98 Å². The lowest BCUT2D eigenvalue weighted by atomic mass is 9.88. The van der Waals surface area contributed by atoms with E-state index in [1.807, 2.05) is 83.8 Å². The Morgan fingerprint density at radius 2 is 1.35 bits per heavy atom. The minimum Gasteiger partial charge on any atom is -0.473 e. The number of aromatic nitrogens is 1. The van der Waals surface area contributed by atoms with Crippen LogP contribution in [-0.4, -0.2) is 18.1 Å². The van der Waals surface area contributed by atoms with Crippen LogP contribution in [0.25, 0.3) is 11.1 Å². The topological polar surface area (TPSA) is 34.6 Å². The van der Waals surface area contributed by atoms with E-state index in [9.17, 15) is 8.78 Å². The fourth-order valence-corrected chi connectivity index (χ4v) is 5.48. The molecule has 7 heteroatoms. The standard InChI is InChI=1S/C36H31F3N2O2/c37-29-12-15-32(38)34(22-29)41-19-17-27(18-20-41)30-13-11-28(21-33(30)39)31-14-16-35(42-23-25-7-3-1-4-8-25)40-36(31)43-24-26-9-5-2-6-10-26/h1-16,21-22,27H,17-20,23-24H2. The molecule has 6 rings (SSSR count). The van der Waals surface area contributed by atoms with Crippen molar-refractivity contribution < 1.29 is 22.6 Å². The van der Waals surface area contributed by atoms with Crippen molar-refractivity contribution in [3.8, 4) is 22.9 Å². The van der Waals surface area contributed by atoms with Gasteiger partial charge in [0.1, 0.15) is 30.7 Å². The fraction of sp³-hybridized carbons (Fsp3) is 0.194. The van der Waals surface area contributed by atoms with E-state index in [4.69, 9.17) is 9.47 Å². The molecular weight excluding hydrogens is 549 g/mol. The van der Waals surface area contributed by atoms with Crippen molar-refractivity contribution in [1.82, 2.24) is 4.98 Å². The van der Waals surface area contributed by atoms with E-state index in [1.165, 1.54) is 12.1 Å². The van der Waals surface area contributed by atoms with E-state index < -0.39 is 11.6 Å². The Bertz CT molecular complexity index is 1670. The molecule has 1 saturated heterocycles. The molecule has 43 heavy (non-hydrogen) atoms. The van der Waals surface area contributed by atoms with Crippen LogP contribution in [0.1, 0.15) is 35.4 Å². The minimum atomic E-state index is -0.474. The second-order valence-corrected chi connectivity index (χ2v) is 10.6. The van der Waals surface area contributed by atoms with Gasteiger partial charge in [-0.3, -0.25) is 0 Å². The number of rotatable bonds is 9. The number of pyridine rings is 1. The smallest absolute Gasteiger partial charge is 0.225 e. The van der Waals surface area contributed by atoms with Gasteiger partial charge in [0.25, 0.3) is 0 Å². The van der Waals surface area contributed by atoms with Gasteiger partial charge >= 0.3 is 0 Å². The number of hydrogen-bond donors (Lipinski definition) is 0. The average molecular weight is 581 g/mol. The number of ether oxygens (including phenoxy) is 2. The first-order chi connectivity index (χ1) is 21.0. The van der Waals surface area contributed by atoms with Gasteiger partial charge in [-0.15, -0.1) is 0 Å². The predicted molar refractivity (Wildman–Crippen MR) is 162 cm³/mol. The van der Waals surface area contributed by atoms with Crippen LogP contribution in [0.3, 0.4) is 0 Å². The third-order valence-corrected chi connectivity index (χ3v) is 7.78. The summed E-state index contributed by atoms with van der Waals surface area (Å²) >= 11 is 0. The number of halogens is 3. The van der Waals surface area contributed by atoms with Crippen LogP contribution >= 0.6 is 0 Å². The first-order valence-corrected chi connectivity index (χ1v) is 14.4. The molecule has 0 atom stereocenters. The maximum absolute atomic E-state index is 15.6. The zero-order valence-corrected chi connectivity index (χ0v) is 23.6. The molecule has 5 aromatic rings. The van der Waals surface area contributed by atoms with Crippen LogP contribution in [0.4, 0.5) is 18.9 Å². The SMILES string of the molecule is Fc1ccc(F)c(N2CCC(c3ccc(-c4ccc(OCc5ccccc5)nc4OCc4ccccc4)cc3F)CC2)c1. The summed E-state index contributed by atoms with van der Waals surface area (Å²) in [5, 5.41) is 0. The van der Waals surface area contributed by atoms with Crippen molar-refractivity contribution in [3.63, 3.8) is 0 Å². The Hall–Kier alpha value is -4.78. The molecule has 0 saturated carbocycles. The number of anilines is 1. The number of piperidine rings is 1. The van der Waals surface area contributed by atoms with Gasteiger partial charge in [0.15, 0.2) is 0 Å². The molecule has 0 amide bonds. The monoisotopic (exact) mass is 580 g/mol. The van der Waals surface area contributed by atoms with Gasteiger partial charge in [-0.25, -0.2) is 13.2 Å². The highest BCUT2D eigenvalue weighted by atomic mass is 19.1. The maximum atomic E-state index is 15.6. The van der Waals surface area contributed by atoms with Crippen molar-refractivity contribution in [1.29, 1.82) is 0 Å². The van der Waals surface area contributed by atoms with Crippen LogP contribution in [0.15, 0.2) is 109 Å². The molecule has 0 N–H and O–H groups in total. The van der Waals surface area contributed by atoms with Crippen molar-refractivity contribution in [2.24, 2.45) is 0 Å². The van der Waals surface area contributed by atoms with Crippen molar-refractivity contribution in [3.05, 3.63) is 143 Å². The summed E-state index contributed by atoms with van der Waals surface area (Å²) in [6.45, 7) is 1.68. The molecule has 0 bridgehead atoms. The number of hydrogen-bond acceptors (Lipinski definition) is 4. The summed E-state index contributed by atoms with van der Waals surface area (Å²) in [5.74, 6) is -0.501. The van der Waals surface area contributed by atoms with Crippen LogP contribution in [0.5, 0.6) is 11.8 Å². The molecule has 4 nitrogen and oxygen atoms in total. The first kappa shape index (κ1) is 28.3. The lowest BCUT2D eigenvalue weighted by molar-refractivity contribution is 0.268. The lowest BCUT2D eigenvalue weighted by Crippen LogP contribution is -2.33. The summed E-state index contributed by atoms with van der Waals surface area (Å²) in [4.78, 5) is 6.47. The zero-order valence-electron chi connectivity index (χ0n) is 23.6. The highest BCUT2D eigenvalue weighted by molar-refractivity contribution is 5.69. The van der Waals surface area contributed by atoms with Gasteiger partial charge in [-0.05, 0) is 65.3 Å². The van der Waals surface area contributed by atoms with E-state index in [-0.39, 0.29) is 17.4 Å². The molecule has 2 heterocycles. The molecule has 1 fully saturated rings. The Balaban J connectivity index is 1.20. The molecule has 1 aliphatic rings. The molecule has 0 spiro atoms. The lowest BCUT2D eigenvalue weighted by Gasteiger charge is -2.34. The maximum Gasteiger partial charge on any atom is 0.225 e. The summed E-state index contributed by atoms with van der Waals surface area (Å²) in [7, 11) is 0. The minimum absolute atomic E-state index is 0.0254. The second kappa shape index (κ2) is 13.0. The van der Waals surface area contributed by atoms with Gasteiger partial charge in [0, 0.05) is 30.8 Å². The van der Waals surface area contributed by atoms with E-state index in [0.717, 1.165) is 23.3 Å². The van der Waals surface area contributed by atoms with Crippen LogP contribution in [0.2, 0.25) is 0 Å². The largest absolute Gasteiger partial charge is 0.473 e. The van der Waals surface area contributed by atoms with Crippen LogP contribution < -0.4 is 14.4 Å². The summed E-state index contributed by atoms with van der Waals surface area (Å²) in [6.07, 6.45) is 1.26. The van der Waals surface area contributed by atoms with Gasteiger partial charge in [0.2, 0.25) is 11.8 Å². The highest BCUT2D eigenvalue weighted by Crippen LogP contribution is 2.37. The Labute approximate surface area is 249 Å². The normalized spacial score (nSPS) is 13.6. The average Bonchev–Trinajstić information content (AvgIpc) is 3.05. The third kappa shape index (κ3) is 6.83. The Morgan fingerprint density at radius 3 is 2.02 bits per heavy atom. The van der Waals surface area contributed by atoms with Crippen molar-refractivity contribution in [2.45, 2.75) is 32.0 Å². The molecule has 0 radical (unpaired) electrons. The first-order valence-electron chi connectivity index (χ1n) is 14.4. The van der Waals surface area contributed by atoms with E-state index in [1.54, 1.807) is 6.07 Å². The number of benzene rings is 4. The van der Waals surface area contributed by atoms with Gasteiger partial charge in [-0.1, -0.05) is 72.8 Å². The fourth-order valence-electron chi connectivity index (χ4n) is 5.48. The summed E-state index contributed by atoms with van der Waals surface area (Å²) in [5.41, 5.74) is 4.17. The zero-order chi connectivity index (χ0) is 29.6. The van der Waals surface area contributed by atoms with Crippen molar-refractivity contribution >= 4 is 5.69 Å². The van der Waals surface area contributed by atoms with Crippen LogP contribution in [-0.2, 0) is 13.2 Å². The highest BCUT2D eigenvalue weighted by Gasteiger charge is 2.25. The van der Waals surface area contributed by atoms with Gasteiger partial charge in [-0.2, -0.15) is 4.98 Å². The quantitative estimate of drug-likeness (QED) is 0.175. The van der Waals surface area contributed by atoms with E-state index in [0.29, 0.717) is 67.6 Å². The van der Waals surface area contributed by atoms with Gasteiger partial charge in [0.05, 0.1) is 5.69 Å². The third-order valence-electron chi connectivity index (χ3n) is 7.78. The van der Waals surface area contributed by atoms with E-state index >= 15 is 4.39 Å². The molecule has 0 unspecified atom stereocenters. The molecule has 218 valence electrons.